The predicted molar refractivity (Wildman–Crippen MR) is 54.7 cm³/mol. The second-order valence-electron chi connectivity index (χ2n) is 4.31. The highest BCUT2D eigenvalue weighted by atomic mass is 16.3. The lowest BCUT2D eigenvalue weighted by Gasteiger charge is -2.38. The Morgan fingerprint density at radius 1 is 1.46 bits per heavy atom. The minimum absolute atomic E-state index is 0.251. The summed E-state index contributed by atoms with van der Waals surface area (Å²) in [5.41, 5.74) is 0. The number of aliphatic hydroxyl groups excluding tert-OH is 1. The molecular weight excluding hydrogens is 164 g/mol. The summed E-state index contributed by atoms with van der Waals surface area (Å²) in [5, 5.41) is 12.3. The molecule has 78 valence electrons. The van der Waals surface area contributed by atoms with Crippen molar-refractivity contribution in [2.75, 3.05) is 26.2 Å². The third kappa shape index (κ3) is 2.93. The predicted octanol–water partition coefficient (Wildman–Crippen LogP) is 0.297. The monoisotopic (exact) mass is 186 g/mol. The molecule has 1 rings (SSSR count). The maximum Gasteiger partial charge on any atom is 0.0597 e. The molecule has 0 aromatic carbocycles. The fourth-order valence-corrected chi connectivity index (χ4v) is 1.77. The van der Waals surface area contributed by atoms with Gasteiger partial charge in [0.2, 0.25) is 0 Å². The topological polar surface area (TPSA) is 35.5 Å². The third-order valence-corrected chi connectivity index (χ3v) is 3.05. The zero-order valence-corrected chi connectivity index (χ0v) is 8.95. The van der Waals surface area contributed by atoms with Crippen molar-refractivity contribution >= 4 is 0 Å². The van der Waals surface area contributed by atoms with E-state index in [1.54, 1.807) is 0 Å². The summed E-state index contributed by atoms with van der Waals surface area (Å²) in [6.45, 7) is 10.1. The lowest BCUT2D eigenvalue weighted by atomic mass is 10.0. The highest BCUT2D eigenvalue weighted by Crippen LogP contribution is 2.12. The Bertz CT molecular complexity index is 150. The van der Waals surface area contributed by atoms with Gasteiger partial charge >= 0.3 is 0 Å². The van der Waals surface area contributed by atoms with Gasteiger partial charge in [-0.2, -0.15) is 0 Å². The van der Waals surface area contributed by atoms with Crippen molar-refractivity contribution in [2.45, 2.75) is 32.9 Å². The van der Waals surface area contributed by atoms with Gasteiger partial charge in [-0.15, -0.1) is 0 Å². The van der Waals surface area contributed by atoms with Gasteiger partial charge in [-0.1, -0.05) is 13.8 Å². The van der Waals surface area contributed by atoms with Crippen LogP contribution in [0.1, 0.15) is 20.8 Å². The summed E-state index contributed by atoms with van der Waals surface area (Å²) in [6, 6.07) is 0.895. The number of hydrogen-bond donors (Lipinski definition) is 2. The summed E-state index contributed by atoms with van der Waals surface area (Å²) < 4.78 is 0. The van der Waals surface area contributed by atoms with Gasteiger partial charge in [-0.05, 0) is 12.8 Å². The van der Waals surface area contributed by atoms with Crippen LogP contribution < -0.4 is 5.32 Å². The molecule has 2 atom stereocenters. The minimum Gasteiger partial charge on any atom is -0.395 e. The van der Waals surface area contributed by atoms with Crippen LogP contribution in [-0.4, -0.2) is 48.3 Å². The molecule has 0 saturated carbocycles. The van der Waals surface area contributed by atoms with Crippen LogP contribution in [-0.2, 0) is 0 Å². The van der Waals surface area contributed by atoms with E-state index in [1.165, 1.54) is 0 Å². The number of piperazine rings is 1. The maximum absolute atomic E-state index is 9.04. The molecule has 0 spiro atoms. The Morgan fingerprint density at radius 2 is 2.15 bits per heavy atom. The van der Waals surface area contributed by atoms with Gasteiger partial charge in [-0.25, -0.2) is 0 Å². The molecule has 1 aliphatic heterocycles. The summed E-state index contributed by atoms with van der Waals surface area (Å²) in [7, 11) is 0. The van der Waals surface area contributed by atoms with Crippen molar-refractivity contribution < 1.29 is 5.11 Å². The van der Waals surface area contributed by atoms with Crippen molar-refractivity contribution in [3.05, 3.63) is 0 Å². The molecule has 1 heterocycles. The zero-order valence-electron chi connectivity index (χ0n) is 8.95. The SMILES string of the molecule is CC(C)C(C)N1CCN[C@@H](CO)C1. The van der Waals surface area contributed by atoms with E-state index in [4.69, 9.17) is 5.11 Å². The molecule has 0 bridgehead atoms. The summed E-state index contributed by atoms with van der Waals surface area (Å²) >= 11 is 0. The molecule has 2 N–H and O–H groups in total. The lowest BCUT2D eigenvalue weighted by molar-refractivity contribution is 0.0991. The second kappa shape index (κ2) is 4.94. The van der Waals surface area contributed by atoms with Gasteiger partial charge in [0.05, 0.1) is 6.61 Å². The normalized spacial score (nSPS) is 27.9. The summed E-state index contributed by atoms with van der Waals surface area (Å²) in [6.07, 6.45) is 0. The number of rotatable bonds is 3. The standard InChI is InChI=1S/C10H22N2O/c1-8(2)9(3)12-5-4-11-10(6-12)7-13/h8-11,13H,4-7H2,1-3H3/t9?,10-/m1/s1. The molecule has 0 radical (unpaired) electrons. The van der Waals surface area contributed by atoms with Gasteiger partial charge in [0.1, 0.15) is 0 Å². The lowest BCUT2D eigenvalue weighted by Crippen LogP contribution is -2.55. The number of aliphatic hydroxyl groups is 1. The smallest absolute Gasteiger partial charge is 0.0597 e. The first-order chi connectivity index (χ1) is 6.15. The number of nitrogens with zero attached hydrogens (tertiary/aromatic N) is 1. The van der Waals surface area contributed by atoms with E-state index in [1.807, 2.05) is 0 Å². The Kier molecular flexibility index (Phi) is 4.16. The zero-order chi connectivity index (χ0) is 9.84. The molecule has 13 heavy (non-hydrogen) atoms. The molecule has 0 amide bonds. The molecule has 1 fully saturated rings. The van der Waals surface area contributed by atoms with Crippen molar-refractivity contribution in [3.8, 4) is 0 Å². The minimum atomic E-state index is 0.251. The van der Waals surface area contributed by atoms with Gasteiger partial charge in [0.25, 0.3) is 0 Å². The molecule has 3 nitrogen and oxygen atoms in total. The average Bonchev–Trinajstić information content (AvgIpc) is 2.16. The molecule has 0 aromatic rings. The van der Waals surface area contributed by atoms with Crippen LogP contribution in [0.15, 0.2) is 0 Å². The fourth-order valence-electron chi connectivity index (χ4n) is 1.77. The molecule has 3 heteroatoms. The highest BCUT2D eigenvalue weighted by molar-refractivity contribution is 4.81. The molecular formula is C10H22N2O. The molecule has 0 aliphatic carbocycles. The van der Waals surface area contributed by atoms with Crippen molar-refractivity contribution in [3.63, 3.8) is 0 Å². The van der Waals surface area contributed by atoms with E-state index in [0.29, 0.717) is 12.0 Å². The summed E-state index contributed by atoms with van der Waals surface area (Å²) in [5.74, 6) is 0.692. The van der Waals surface area contributed by atoms with E-state index in [-0.39, 0.29) is 12.6 Å². The van der Waals surface area contributed by atoms with Crippen LogP contribution in [0.3, 0.4) is 0 Å². The fraction of sp³-hybridized carbons (Fsp3) is 1.00. The molecule has 1 saturated heterocycles. The Labute approximate surface area is 81.1 Å². The van der Waals surface area contributed by atoms with Gasteiger partial charge < -0.3 is 10.4 Å². The second-order valence-corrected chi connectivity index (χ2v) is 4.31. The van der Waals surface area contributed by atoms with Crippen molar-refractivity contribution in [1.82, 2.24) is 10.2 Å². The quantitative estimate of drug-likeness (QED) is 0.665. The van der Waals surface area contributed by atoms with Crippen LogP contribution in [0.25, 0.3) is 0 Å². The average molecular weight is 186 g/mol. The van der Waals surface area contributed by atoms with Gasteiger partial charge in [0.15, 0.2) is 0 Å². The maximum atomic E-state index is 9.04. The van der Waals surface area contributed by atoms with Crippen molar-refractivity contribution in [1.29, 1.82) is 0 Å². The first-order valence-electron chi connectivity index (χ1n) is 5.23. The van der Waals surface area contributed by atoms with Gasteiger partial charge in [0, 0.05) is 31.7 Å². The third-order valence-electron chi connectivity index (χ3n) is 3.05. The highest BCUT2D eigenvalue weighted by Gasteiger charge is 2.23. The van der Waals surface area contributed by atoms with Crippen LogP contribution >= 0.6 is 0 Å². The Morgan fingerprint density at radius 3 is 2.69 bits per heavy atom. The van der Waals surface area contributed by atoms with Crippen LogP contribution in [0.5, 0.6) is 0 Å². The van der Waals surface area contributed by atoms with E-state index < -0.39 is 0 Å². The molecule has 1 aliphatic rings. The number of hydrogen-bond acceptors (Lipinski definition) is 3. The molecule has 0 aromatic heterocycles. The van der Waals surface area contributed by atoms with Crippen LogP contribution in [0.4, 0.5) is 0 Å². The Balaban J connectivity index is 2.41. The number of nitrogens with one attached hydrogen (secondary N) is 1. The van der Waals surface area contributed by atoms with Crippen LogP contribution in [0, 0.1) is 5.92 Å². The van der Waals surface area contributed by atoms with Gasteiger partial charge in [-0.3, -0.25) is 4.90 Å². The first kappa shape index (κ1) is 11.0. The first-order valence-corrected chi connectivity index (χ1v) is 5.23. The summed E-state index contributed by atoms with van der Waals surface area (Å²) in [4.78, 5) is 2.46. The van der Waals surface area contributed by atoms with Crippen LogP contribution in [0.2, 0.25) is 0 Å². The Hall–Kier alpha value is -0.120. The van der Waals surface area contributed by atoms with Crippen molar-refractivity contribution in [2.24, 2.45) is 5.92 Å². The largest absolute Gasteiger partial charge is 0.395 e. The van der Waals surface area contributed by atoms with E-state index in [9.17, 15) is 0 Å². The van der Waals surface area contributed by atoms with E-state index in [2.05, 4.69) is 31.0 Å². The van der Waals surface area contributed by atoms with E-state index in [0.717, 1.165) is 19.6 Å². The van der Waals surface area contributed by atoms with E-state index >= 15 is 0 Å². The molecule has 1 unspecified atom stereocenters.